The Balaban J connectivity index is 1.44. The third-order valence-corrected chi connectivity index (χ3v) is 5.75. The molecule has 3 aromatic rings. The smallest absolute Gasteiger partial charge is 0.157 e. The van der Waals surface area contributed by atoms with Gasteiger partial charge in [-0.3, -0.25) is 4.98 Å². The summed E-state index contributed by atoms with van der Waals surface area (Å²) in [5.74, 6) is 0. The van der Waals surface area contributed by atoms with E-state index >= 15 is 0 Å². The predicted octanol–water partition coefficient (Wildman–Crippen LogP) is 4.19. The zero-order chi connectivity index (χ0) is 20.9. The minimum atomic E-state index is -0.0417. The quantitative estimate of drug-likeness (QED) is 0.569. The third kappa shape index (κ3) is 4.53. The lowest BCUT2D eigenvalue weighted by Gasteiger charge is -2.24. The monoisotopic (exact) mass is 413 g/mol. The highest BCUT2D eigenvalue weighted by atomic mass is 16.7. The maximum absolute atomic E-state index is 5.94. The van der Waals surface area contributed by atoms with Crippen LogP contribution in [-0.2, 0) is 9.47 Å². The molecule has 0 bridgehead atoms. The molecule has 1 unspecified atom stereocenters. The fraction of sp³-hybridized carbons (Fsp3) is 0.308. The molecule has 1 fully saturated rings. The molecule has 0 saturated carbocycles. The van der Waals surface area contributed by atoms with Gasteiger partial charge in [-0.05, 0) is 37.3 Å². The van der Waals surface area contributed by atoms with Gasteiger partial charge in [0.1, 0.15) is 0 Å². The molecule has 5 rings (SSSR count). The molecule has 5 heteroatoms. The maximum atomic E-state index is 5.94. The molecule has 0 amide bonds. The Morgan fingerprint density at radius 1 is 1.03 bits per heavy atom. The summed E-state index contributed by atoms with van der Waals surface area (Å²) in [4.78, 5) is 11.7. The summed E-state index contributed by atoms with van der Waals surface area (Å²) >= 11 is 0. The van der Waals surface area contributed by atoms with E-state index in [4.69, 9.17) is 14.5 Å². The van der Waals surface area contributed by atoms with Gasteiger partial charge in [0.05, 0.1) is 29.5 Å². The van der Waals surface area contributed by atoms with Gasteiger partial charge in [0.2, 0.25) is 0 Å². The zero-order valence-corrected chi connectivity index (χ0v) is 17.6. The molecule has 3 heterocycles. The van der Waals surface area contributed by atoms with Gasteiger partial charge < -0.3 is 14.4 Å². The first-order valence-corrected chi connectivity index (χ1v) is 11.1. The Labute approximate surface area is 182 Å². The Kier molecular flexibility index (Phi) is 6.05. The Bertz CT molecular complexity index is 1140. The van der Waals surface area contributed by atoms with Crippen molar-refractivity contribution in [3.05, 3.63) is 77.6 Å². The first kappa shape index (κ1) is 19.9. The van der Waals surface area contributed by atoms with E-state index in [0.717, 1.165) is 59.9 Å². The number of nitrogens with zero attached hydrogens (tertiary/aromatic N) is 3. The van der Waals surface area contributed by atoms with Crippen LogP contribution in [0.25, 0.3) is 17.3 Å². The Morgan fingerprint density at radius 3 is 2.84 bits per heavy atom. The number of rotatable bonds is 6. The number of ether oxygens (including phenoxy) is 2. The third-order valence-electron chi connectivity index (χ3n) is 5.75. The number of fused-ring (bicyclic) bond motifs is 2. The highest BCUT2D eigenvalue weighted by Gasteiger charge is 2.16. The highest BCUT2D eigenvalue weighted by Crippen LogP contribution is 2.29. The van der Waals surface area contributed by atoms with Crippen LogP contribution in [0.1, 0.15) is 25.7 Å². The van der Waals surface area contributed by atoms with E-state index in [1.807, 2.05) is 18.3 Å². The summed E-state index contributed by atoms with van der Waals surface area (Å²) in [6, 6.07) is 18.8. The lowest BCUT2D eigenvalue weighted by Crippen LogP contribution is -2.30. The van der Waals surface area contributed by atoms with Crippen LogP contribution in [-0.4, -0.2) is 31.0 Å². The molecular weight excluding hydrogens is 386 g/mol. The zero-order valence-electron chi connectivity index (χ0n) is 17.6. The van der Waals surface area contributed by atoms with Crippen molar-refractivity contribution in [3.63, 3.8) is 0 Å². The number of hydrogen-bond donors (Lipinski definition) is 0. The van der Waals surface area contributed by atoms with Crippen molar-refractivity contribution in [3.8, 4) is 11.1 Å². The number of anilines is 1. The maximum Gasteiger partial charge on any atom is 0.157 e. The molecular formula is C26H27N3O2. The van der Waals surface area contributed by atoms with Crippen molar-refractivity contribution in [2.24, 2.45) is 4.99 Å². The van der Waals surface area contributed by atoms with Crippen molar-refractivity contribution >= 4 is 17.6 Å². The fourth-order valence-electron chi connectivity index (χ4n) is 4.17. The Hall–Kier alpha value is -3.02. The van der Waals surface area contributed by atoms with E-state index in [1.54, 1.807) is 6.20 Å². The highest BCUT2D eigenvalue weighted by molar-refractivity contribution is 5.74. The van der Waals surface area contributed by atoms with Gasteiger partial charge in [-0.1, -0.05) is 48.5 Å². The minimum Gasteiger partial charge on any atom is -0.353 e. The lowest BCUT2D eigenvalue weighted by molar-refractivity contribution is -0.162. The first-order valence-electron chi connectivity index (χ1n) is 11.1. The van der Waals surface area contributed by atoms with Gasteiger partial charge in [-0.25, -0.2) is 4.99 Å². The number of pyridine rings is 1. The second kappa shape index (κ2) is 9.41. The lowest BCUT2D eigenvalue weighted by atomic mass is 10.0. The van der Waals surface area contributed by atoms with Crippen LogP contribution in [0.15, 0.2) is 72.0 Å². The molecule has 2 aliphatic rings. The van der Waals surface area contributed by atoms with E-state index in [-0.39, 0.29) is 6.29 Å². The average Bonchev–Trinajstić information content (AvgIpc) is 2.99. The van der Waals surface area contributed by atoms with Gasteiger partial charge in [-0.15, -0.1) is 0 Å². The van der Waals surface area contributed by atoms with Gasteiger partial charge >= 0.3 is 0 Å². The van der Waals surface area contributed by atoms with Crippen LogP contribution in [0.5, 0.6) is 0 Å². The minimum absolute atomic E-state index is 0.0417. The van der Waals surface area contributed by atoms with Crippen molar-refractivity contribution in [2.75, 3.05) is 24.7 Å². The molecule has 2 aromatic carbocycles. The molecule has 31 heavy (non-hydrogen) atoms. The Morgan fingerprint density at radius 2 is 1.97 bits per heavy atom. The average molecular weight is 414 g/mol. The first-order chi connectivity index (χ1) is 15.4. The second-order valence-corrected chi connectivity index (χ2v) is 7.93. The molecule has 0 N–H and O–H groups in total. The molecule has 5 nitrogen and oxygen atoms in total. The van der Waals surface area contributed by atoms with Gasteiger partial charge in [-0.2, -0.15) is 0 Å². The van der Waals surface area contributed by atoms with Crippen molar-refractivity contribution in [2.45, 2.75) is 32.0 Å². The van der Waals surface area contributed by atoms with Crippen LogP contribution in [0.4, 0.5) is 11.4 Å². The number of para-hydroxylation sites is 1. The van der Waals surface area contributed by atoms with Crippen molar-refractivity contribution < 1.29 is 9.47 Å². The number of hydrogen-bond acceptors (Lipinski definition) is 5. The van der Waals surface area contributed by atoms with Gasteiger partial charge in [0, 0.05) is 36.3 Å². The van der Waals surface area contributed by atoms with E-state index in [9.17, 15) is 0 Å². The molecule has 1 aromatic heterocycles. The summed E-state index contributed by atoms with van der Waals surface area (Å²) in [6.45, 7) is 2.32. The summed E-state index contributed by atoms with van der Waals surface area (Å²) in [5.41, 5.74) is 4.26. The largest absolute Gasteiger partial charge is 0.353 e. The van der Waals surface area contributed by atoms with Crippen LogP contribution in [0.2, 0.25) is 0 Å². The second-order valence-electron chi connectivity index (χ2n) is 7.93. The summed E-state index contributed by atoms with van der Waals surface area (Å²) in [6.07, 6.45) is 10.1. The SMILES string of the molecule is C1=c2cccc(-c3ccccc3)c2=Nc2ccncc2N1CCCOC1CCCCO1. The summed E-state index contributed by atoms with van der Waals surface area (Å²) < 4.78 is 11.6. The molecule has 0 radical (unpaired) electrons. The van der Waals surface area contributed by atoms with E-state index in [1.165, 1.54) is 12.0 Å². The van der Waals surface area contributed by atoms with E-state index in [2.05, 4.69) is 58.5 Å². The summed E-state index contributed by atoms with van der Waals surface area (Å²) in [5, 5.41) is 2.10. The van der Waals surface area contributed by atoms with Crippen molar-refractivity contribution in [1.82, 2.24) is 4.98 Å². The van der Waals surface area contributed by atoms with Gasteiger partial charge in [0.25, 0.3) is 0 Å². The topological polar surface area (TPSA) is 47.0 Å². The molecule has 158 valence electrons. The number of benzene rings is 2. The molecule has 1 atom stereocenters. The normalized spacial score (nSPS) is 17.7. The van der Waals surface area contributed by atoms with Crippen LogP contribution < -0.4 is 15.5 Å². The van der Waals surface area contributed by atoms with E-state index in [0.29, 0.717) is 6.61 Å². The van der Waals surface area contributed by atoms with Crippen LogP contribution >= 0.6 is 0 Å². The summed E-state index contributed by atoms with van der Waals surface area (Å²) in [7, 11) is 0. The molecule has 0 aliphatic carbocycles. The molecule has 2 aliphatic heterocycles. The standard InChI is InChI=1S/C26H27N3O2/c1-2-8-20(9-3-1)22-11-6-10-21-19-29(15-7-17-31-25-12-4-5-16-30-25)24-18-27-14-13-23(24)28-26(21)22/h1-3,6,8-11,13-14,18-19,25H,4-5,7,12,15-17H2. The van der Waals surface area contributed by atoms with Crippen LogP contribution in [0, 0.1) is 0 Å². The molecule has 1 saturated heterocycles. The van der Waals surface area contributed by atoms with Crippen LogP contribution in [0.3, 0.4) is 0 Å². The molecule has 0 spiro atoms. The van der Waals surface area contributed by atoms with Crippen molar-refractivity contribution in [1.29, 1.82) is 0 Å². The fourth-order valence-corrected chi connectivity index (χ4v) is 4.17. The predicted molar refractivity (Wildman–Crippen MR) is 123 cm³/mol. The van der Waals surface area contributed by atoms with Gasteiger partial charge in [0.15, 0.2) is 6.29 Å². The van der Waals surface area contributed by atoms with E-state index < -0.39 is 0 Å². The number of aromatic nitrogens is 1.